The zero-order valence-electron chi connectivity index (χ0n) is 8.21. The van der Waals surface area contributed by atoms with E-state index in [1.807, 2.05) is 0 Å². The van der Waals surface area contributed by atoms with E-state index < -0.39 is 11.7 Å². The Hall–Kier alpha value is -1.49. The first-order valence-electron chi connectivity index (χ1n) is 4.71. The first-order chi connectivity index (χ1) is 7.54. The highest BCUT2D eigenvalue weighted by molar-refractivity contribution is 5.84. The van der Waals surface area contributed by atoms with Crippen LogP contribution in [0.2, 0.25) is 0 Å². The molecule has 2 nitrogen and oxygen atoms in total. The maximum atomic E-state index is 12.6. The number of fused-ring (bicyclic) bond motifs is 1. The smallest absolute Gasteiger partial charge is 0.420 e. The number of hydrogen-bond donors (Lipinski definition) is 1. The Balaban J connectivity index is 2.62. The van der Waals surface area contributed by atoms with Gasteiger partial charge in [0.25, 0.3) is 0 Å². The van der Waals surface area contributed by atoms with Crippen molar-refractivity contribution in [3.63, 3.8) is 0 Å². The van der Waals surface area contributed by atoms with Crippen molar-refractivity contribution in [1.29, 1.82) is 0 Å². The van der Waals surface area contributed by atoms with Crippen LogP contribution in [0, 0.1) is 0 Å². The number of furan rings is 1. The molecular weight excluding hydrogens is 221 g/mol. The molecule has 0 aliphatic rings. The predicted octanol–water partition coefficient (Wildman–Crippen LogP) is 2.99. The van der Waals surface area contributed by atoms with Gasteiger partial charge in [0.1, 0.15) is 5.58 Å². The lowest BCUT2D eigenvalue weighted by Gasteiger charge is -2.06. The molecule has 2 rings (SSSR count). The van der Waals surface area contributed by atoms with Crippen LogP contribution in [0.25, 0.3) is 11.0 Å². The molecule has 0 saturated carbocycles. The van der Waals surface area contributed by atoms with Gasteiger partial charge in [0.05, 0.1) is 11.8 Å². The Bertz CT molecular complexity index is 499. The average Bonchev–Trinajstić information content (AvgIpc) is 2.61. The summed E-state index contributed by atoms with van der Waals surface area (Å²) < 4.78 is 42.7. The topological polar surface area (TPSA) is 33.4 Å². The summed E-state index contributed by atoms with van der Waals surface area (Å²) in [7, 11) is 0. The minimum atomic E-state index is -4.42. The monoisotopic (exact) mass is 230 g/mol. The summed E-state index contributed by atoms with van der Waals surface area (Å²) >= 11 is 0. The normalized spacial score (nSPS) is 12.2. The van der Waals surface area contributed by atoms with E-state index in [9.17, 15) is 13.2 Å². The molecule has 0 aliphatic heterocycles. The number of rotatable bonds is 2. The highest BCUT2D eigenvalue weighted by Crippen LogP contribution is 2.36. The molecule has 1 heterocycles. The van der Waals surface area contributed by atoms with Crippen molar-refractivity contribution in [2.45, 2.75) is 12.6 Å². The molecule has 0 radical (unpaired) electrons. The molecule has 0 spiro atoms. The van der Waals surface area contributed by atoms with E-state index in [4.69, 9.17) is 9.52 Å². The third-order valence-electron chi connectivity index (χ3n) is 2.37. The van der Waals surface area contributed by atoms with Crippen LogP contribution in [-0.2, 0) is 12.6 Å². The van der Waals surface area contributed by atoms with Gasteiger partial charge in [0.2, 0.25) is 0 Å². The Morgan fingerprint density at radius 3 is 2.62 bits per heavy atom. The molecule has 86 valence electrons. The number of aliphatic hydroxyl groups excluding tert-OH is 1. The number of alkyl halides is 3. The van der Waals surface area contributed by atoms with Crippen LogP contribution in [0.4, 0.5) is 13.2 Å². The minimum absolute atomic E-state index is 0.120. The average molecular weight is 230 g/mol. The molecule has 0 saturated heterocycles. The SMILES string of the molecule is OCCc1coc2c(C(F)(F)F)cccc12. The molecule has 1 N–H and O–H groups in total. The lowest BCUT2D eigenvalue weighted by molar-refractivity contribution is -0.136. The number of para-hydroxylation sites is 1. The molecule has 0 fully saturated rings. The van der Waals surface area contributed by atoms with Gasteiger partial charge in [0, 0.05) is 17.6 Å². The Morgan fingerprint density at radius 2 is 2.00 bits per heavy atom. The van der Waals surface area contributed by atoms with Gasteiger partial charge in [-0.25, -0.2) is 0 Å². The van der Waals surface area contributed by atoms with E-state index in [0.29, 0.717) is 10.9 Å². The molecule has 1 aromatic heterocycles. The number of hydrogen-bond acceptors (Lipinski definition) is 2. The highest BCUT2D eigenvalue weighted by atomic mass is 19.4. The van der Waals surface area contributed by atoms with Crippen LogP contribution in [0.1, 0.15) is 11.1 Å². The Morgan fingerprint density at radius 1 is 1.25 bits per heavy atom. The second-order valence-corrected chi connectivity index (χ2v) is 3.41. The van der Waals surface area contributed by atoms with E-state index in [2.05, 4.69) is 0 Å². The van der Waals surface area contributed by atoms with Gasteiger partial charge in [-0.2, -0.15) is 13.2 Å². The second kappa shape index (κ2) is 3.83. The van der Waals surface area contributed by atoms with E-state index in [0.717, 1.165) is 6.07 Å². The maximum Gasteiger partial charge on any atom is 0.420 e. The van der Waals surface area contributed by atoms with Gasteiger partial charge >= 0.3 is 6.18 Å². The molecule has 0 aliphatic carbocycles. The highest BCUT2D eigenvalue weighted by Gasteiger charge is 2.34. The summed E-state index contributed by atoms with van der Waals surface area (Å²) in [5.41, 5.74) is -0.365. The van der Waals surface area contributed by atoms with Crippen molar-refractivity contribution in [2.75, 3.05) is 6.61 Å². The number of benzene rings is 1. The zero-order chi connectivity index (χ0) is 11.8. The fourth-order valence-corrected chi connectivity index (χ4v) is 1.65. The number of halogens is 3. The lowest BCUT2D eigenvalue weighted by Crippen LogP contribution is -2.04. The predicted molar refractivity (Wildman–Crippen MR) is 52.0 cm³/mol. The van der Waals surface area contributed by atoms with Gasteiger partial charge in [-0.1, -0.05) is 12.1 Å². The molecule has 0 unspecified atom stereocenters. The van der Waals surface area contributed by atoms with Crippen molar-refractivity contribution in [3.8, 4) is 0 Å². The summed E-state index contributed by atoms with van der Waals surface area (Å²) in [6, 6.07) is 3.87. The molecule has 5 heteroatoms. The molecular formula is C11H9F3O2. The van der Waals surface area contributed by atoms with Crippen LogP contribution in [0.15, 0.2) is 28.9 Å². The summed E-state index contributed by atoms with van der Waals surface area (Å²) in [5.74, 6) is 0. The van der Waals surface area contributed by atoms with Gasteiger partial charge in [0.15, 0.2) is 0 Å². The van der Waals surface area contributed by atoms with Crippen LogP contribution >= 0.6 is 0 Å². The standard InChI is InChI=1S/C11H9F3O2/c12-11(13,14)9-3-1-2-8-7(4-5-15)6-16-10(8)9/h1-3,6,15H,4-5H2. The van der Waals surface area contributed by atoms with E-state index >= 15 is 0 Å². The van der Waals surface area contributed by atoms with Crippen LogP contribution < -0.4 is 0 Å². The molecule has 2 aromatic rings. The maximum absolute atomic E-state index is 12.6. The summed E-state index contributed by atoms with van der Waals surface area (Å²) in [5, 5.41) is 9.17. The van der Waals surface area contributed by atoms with E-state index in [1.165, 1.54) is 12.3 Å². The first kappa shape index (κ1) is 11.0. The zero-order valence-corrected chi connectivity index (χ0v) is 8.21. The lowest BCUT2D eigenvalue weighted by atomic mass is 10.1. The second-order valence-electron chi connectivity index (χ2n) is 3.41. The van der Waals surface area contributed by atoms with Crippen LogP contribution in [0.5, 0.6) is 0 Å². The largest absolute Gasteiger partial charge is 0.463 e. The first-order valence-corrected chi connectivity index (χ1v) is 4.71. The van der Waals surface area contributed by atoms with Gasteiger partial charge in [-0.05, 0) is 12.5 Å². The van der Waals surface area contributed by atoms with Crippen LogP contribution in [0.3, 0.4) is 0 Å². The van der Waals surface area contributed by atoms with Gasteiger partial charge in [-0.15, -0.1) is 0 Å². The van der Waals surface area contributed by atoms with E-state index in [-0.39, 0.29) is 18.6 Å². The van der Waals surface area contributed by atoms with Crippen LogP contribution in [-0.4, -0.2) is 11.7 Å². The molecule has 0 atom stereocenters. The fourth-order valence-electron chi connectivity index (χ4n) is 1.65. The van der Waals surface area contributed by atoms with E-state index in [1.54, 1.807) is 6.07 Å². The number of aliphatic hydroxyl groups is 1. The molecule has 0 bridgehead atoms. The quantitative estimate of drug-likeness (QED) is 0.860. The van der Waals surface area contributed by atoms with Gasteiger partial charge < -0.3 is 9.52 Å². The fraction of sp³-hybridized carbons (Fsp3) is 0.273. The Labute approximate surface area is 89.3 Å². The minimum Gasteiger partial charge on any atom is -0.463 e. The van der Waals surface area contributed by atoms with Crippen molar-refractivity contribution in [2.24, 2.45) is 0 Å². The van der Waals surface area contributed by atoms with Crippen molar-refractivity contribution >= 4 is 11.0 Å². The molecule has 16 heavy (non-hydrogen) atoms. The Kier molecular flexibility index (Phi) is 2.63. The van der Waals surface area contributed by atoms with Crippen molar-refractivity contribution < 1.29 is 22.7 Å². The van der Waals surface area contributed by atoms with Crippen molar-refractivity contribution in [1.82, 2.24) is 0 Å². The van der Waals surface area contributed by atoms with Crippen molar-refractivity contribution in [3.05, 3.63) is 35.6 Å². The molecule has 0 amide bonds. The third kappa shape index (κ3) is 1.78. The summed E-state index contributed by atoms with van der Waals surface area (Å²) in [4.78, 5) is 0. The summed E-state index contributed by atoms with van der Waals surface area (Å²) in [6.07, 6.45) is -2.88. The van der Waals surface area contributed by atoms with Gasteiger partial charge in [-0.3, -0.25) is 0 Å². The summed E-state index contributed by atoms with van der Waals surface area (Å²) in [6.45, 7) is -0.120. The molecule has 1 aromatic carbocycles. The third-order valence-corrected chi connectivity index (χ3v) is 2.37.